The Morgan fingerprint density at radius 1 is 0.867 bits per heavy atom. The van der Waals surface area contributed by atoms with Gasteiger partial charge in [-0.05, 0) is 42.8 Å². The molecule has 2 aromatic rings. The van der Waals surface area contributed by atoms with Crippen molar-refractivity contribution >= 4 is 29.4 Å². The molecule has 1 spiro atoms. The molecule has 10 heteroatoms. The molecule has 0 aliphatic carbocycles. The van der Waals surface area contributed by atoms with Crippen LogP contribution >= 0.6 is 0 Å². The van der Waals surface area contributed by atoms with Crippen LogP contribution in [0, 0.1) is 0 Å². The van der Waals surface area contributed by atoms with Crippen LogP contribution in [0.25, 0.3) is 0 Å². The number of anilines is 1. The Bertz CT molecular complexity index is 1080. The van der Waals surface area contributed by atoms with Crippen molar-refractivity contribution in [2.75, 3.05) is 11.7 Å². The summed E-state index contributed by atoms with van der Waals surface area (Å²) in [7, 11) is 0. The Morgan fingerprint density at radius 2 is 1.53 bits per heavy atom. The zero-order valence-corrected chi connectivity index (χ0v) is 15.5. The Morgan fingerprint density at radius 3 is 2.27 bits per heavy atom. The van der Waals surface area contributed by atoms with Crippen LogP contribution in [0.2, 0.25) is 0 Å². The van der Waals surface area contributed by atoms with E-state index in [1.54, 1.807) is 42.5 Å². The molecule has 3 heterocycles. The molecule has 3 aliphatic rings. The van der Waals surface area contributed by atoms with E-state index in [1.807, 2.05) is 0 Å². The number of nitrogens with zero attached hydrogens (tertiary/aromatic N) is 1. The normalized spacial score (nSPS) is 19.1. The Hall–Kier alpha value is -4.08. The van der Waals surface area contributed by atoms with E-state index in [0.717, 1.165) is 4.90 Å². The predicted molar refractivity (Wildman–Crippen MR) is 100 cm³/mol. The SMILES string of the molecule is O=C1NC(=O)C2(CCC(=O)N2c2ccc(Oc3ccc4c(c3)OCO4)cc2)C(=O)N1. The predicted octanol–water partition coefficient (Wildman–Crippen LogP) is 1.44. The van der Waals surface area contributed by atoms with Gasteiger partial charge in [0.1, 0.15) is 11.5 Å². The molecular formula is C20H15N3O7. The summed E-state index contributed by atoms with van der Waals surface area (Å²) in [5.41, 5.74) is -1.44. The highest BCUT2D eigenvalue weighted by atomic mass is 16.7. The first kappa shape index (κ1) is 18.0. The van der Waals surface area contributed by atoms with Crippen LogP contribution in [0.1, 0.15) is 12.8 Å². The first-order chi connectivity index (χ1) is 14.5. The van der Waals surface area contributed by atoms with Gasteiger partial charge in [-0.25, -0.2) is 4.79 Å². The summed E-state index contributed by atoms with van der Waals surface area (Å²) < 4.78 is 16.4. The lowest BCUT2D eigenvalue weighted by atomic mass is 9.91. The topological polar surface area (TPSA) is 123 Å². The number of benzene rings is 2. The molecule has 3 aliphatic heterocycles. The fraction of sp³-hybridized carbons (Fsp3) is 0.200. The minimum absolute atomic E-state index is 0.00444. The number of barbiturate groups is 1. The van der Waals surface area contributed by atoms with Crippen molar-refractivity contribution in [2.24, 2.45) is 0 Å². The highest BCUT2D eigenvalue weighted by Gasteiger charge is 2.60. The van der Waals surface area contributed by atoms with Gasteiger partial charge in [0, 0.05) is 18.2 Å². The summed E-state index contributed by atoms with van der Waals surface area (Å²) in [6, 6.07) is 10.6. The zero-order chi connectivity index (χ0) is 20.9. The first-order valence-corrected chi connectivity index (χ1v) is 9.15. The summed E-state index contributed by atoms with van der Waals surface area (Å²) in [6.45, 7) is 0.159. The van der Waals surface area contributed by atoms with Gasteiger partial charge >= 0.3 is 6.03 Å². The fourth-order valence-corrected chi connectivity index (χ4v) is 3.81. The van der Waals surface area contributed by atoms with Crippen molar-refractivity contribution in [1.82, 2.24) is 10.6 Å². The second kappa shape index (κ2) is 6.48. The van der Waals surface area contributed by atoms with Crippen LogP contribution in [0.15, 0.2) is 42.5 Å². The van der Waals surface area contributed by atoms with Crippen molar-refractivity contribution in [3.63, 3.8) is 0 Å². The molecule has 2 saturated heterocycles. The number of carbonyl (C=O) groups is 4. The van der Waals surface area contributed by atoms with Crippen molar-refractivity contribution < 1.29 is 33.4 Å². The quantitative estimate of drug-likeness (QED) is 0.735. The van der Waals surface area contributed by atoms with Crippen LogP contribution in [-0.4, -0.2) is 36.1 Å². The largest absolute Gasteiger partial charge is 0.457 e. The number of hydrogen-bond donors (Lipinski definition) is 2. The molecule has 0 unspecified atom stereocenters. The van der Waals surface area contributed by atoms with Gasteiger partial charge in [0.05, 0.1) is 0 Å². The van der Waals surface area contributed by atoms with Crippen LogP contribution < -0.4 is 29.7 Å². The summed E-state index contributed by atoms with van der Waals surface area (Å²) in [4.78, 5) is 50.2. The van der Waals surface area contributed by atoms with E-state index in [1.165, 1.54) is 0 Å². The Kier molecular flexibility index (Phi) is 3.88. The number of imide groups is 2. The minimum Gasteiger partial charge on any atom is -0.457 e. The molecule has 0 bridgehead atoms. The van der Waals surface area contributed by atoms with Gasteiger partial charge < -0.3 is 14.2 Å². The highest BCUT2D eigenvalue weighted by Crippen LogP contribution is 2.39. The Labute approximate surface area is 169 Å². The van der Waals surface area contributed by atoms with Crippen molar-refractivity contribution in [1.29, 1.82) is 0 Å². The van der Waals surface area contributed by atoms with Gasteiger partial charge in [0.15, 0.2) is 11.5 Å². The maximum Gasteiger partial charge on any atom is 0.328 e. The monoisotopic (exact) mass is 409 g/mol. The minimum atomic E-state index is -1.79. The van der Waals surface area contributed by atoms with Gasteiger partial charge in [-0.15, -0.1) is 0 Å². The third kappa shape index (κ3) is 2.65. The van der Waals surface area contributed by atoms with E-state index in [9.17, 15) is 19.2 Å². The number of ether oxygens (including phenoxy) is 3. The van der Waals surface area contributed by atoms with E-state index < -0.39 is 23.4 Å². The number of nitrogens with one attached hydrogen (secondary N) is 2. The molecule has 0 saturated carbocycles. The second-order valence-corrected chi connectivity index (χ2v) is 6.94. The molecule has 2 fully saturated rings. The summed E-state index contributed by atoms with van der Waals surface area (Å²) >= 11 is 0. The van der Waals surface area contributed by atoms with Crippen LogP contribution in [0.4, 0.5) is 10.5 Å². The smallest absolute Gasteiger partial charge is 0.328 e. The molecule has 5 rings (SSSR count). The first-order valence-electron chi connectivity index (χ1n) is 9.15. The number of fused-ring (bicyclic) bond motifs is 1. The van der Waals surface area contributed by atoms with E-state index in [4.69, 9.17) is 14.2 Å². The number of carbonyl (C=O) groups excluding carboxylic acids is 4. The van der Waals surface area contributed by atoms with E-state index in [0.29, 0.717) is 28.7 Å². The number of amides is 5. The highest BCUT2D eigenvalue weighted by molar-refractivity contribution is 6.28. The molecule has 0 aromatic heterocycles. The van der Waals surface area contributed by atoms with Crippen molar-refractivity contribution in [3.05, 3.63) is 42.5 Å². The number of hydrogen-bond acceptors (Lipinski definition) is 7. The number of rotatable bonds is 3. The summed E-state index contributed by atoms with van der Waals surface area (Å²) in [5, 5.41) is 4.15. The molecule has 30 heavy (non-hydrogen) atoms. The van der Waals surface area contributed by atoms with E-state index in [2.05, 4.69) is 10.6 Å². The summed E-state index contributed by atoms with van der Waals surface area (Å²) in [6.07, 6.45) is -0.0172. The molecule has 2 N–H and O–H groups in total. The second-order valence-electron chi connectivity index (χ2n) is 6.94. The third-order valence-electron chi connectivity index (χ3n) is 5.21. The lowest BCUT2D eigenvalue weighted by molar-refractivity contribution is -0.138. The summed E-state index contributed by atoms with van der Waals surface area (Å²) in [5.74, 6) is 0.205. The van der Waals surface area contributed by atoms with E-state index >= 15 is 0 Å². The van der Waals surface area contributed by atoms with Gasteiger partial charge in [-0.2, -0.15) is 0 Å². The molecule has 0 atom stereocenters. The molecule has 0 radical (unpaired) electrons. The fourth-order valence-electron chi connectivity index (χ4n) is 3.81. The number of urea groups is 1. The average molecular weight is 409 g/mol. The van der Waals surface area contributed by atoms with E-state index in [-0.39, 0.29) is 25.5 Å². The average Bonchev–Trinajstić information content (AvgIpc) is 3.32. The third-order valence-corrected chi connectivity index (χ3v) is 5.21. The molecule has 2 aromatic carbocycles. The van der Waals surface area contributed by atoms with Gasteiger partial charge in [-0.1, -0.05) is 0 Å². The molecule has 152 valence electrons. The van der Waals surface area contributed by atoms with Crippen molar-refractivity contribution in [2.45, 2.75) is 18.4 Å². The molecule has 5 amide bonds. The van der Waals surface area contributed by atoms with Crippen LogP contribution in [-0.2, 0) is 14.4 Å². The van der Waals surface area contributed by atoms with Gasteiger partial charge in [0.2, 0.25) is 18.2 Å². The van der Waals surface area contributed by atoms with Crippen LogP contribution in [0.5, 0.6) is 23.0 Å². The lowest BCUT2D eigenvalue weighted by Gasteiger charge is -2.37. The van der Waals surface area contributed by atoms with Crippen LogP contribution in [0.3, 0.4) is 0 Å². The zero-order valence-electron chi connectivity index (χ0n) is 15.5. The standard InChI is InChI=1S/C20H15N3O7/c24-16-7-8-20(17(25)21-19(27)22-18(20)26)23(16)11-1-3-12(4-2-11)30-13-5-6-14-15(9-13)29-10-28-14/h1-6,9H,7-8,10H2,(H2,21,22,25,26,27). The van der Waals surface area contributed by atoms with Crippen molar-refractivity contribution in [3.8, 4) is 23.0 Å². The van der Waals surface area contributed by atoms with Gasteiger partial charge in [0.25, 0.3) is 11.8 Å². The molecule has 10 nitrogen and oxygen atoms in total. The maximum absolute atomic E-state index is 12.5. The van der Waals surface area contributed by atoms with Gasteiger partial charge in [-0.3, -0.25) is 29.9 Å². The lowest BCUT2D eigenvalue weighted by Crippen LogP contribution is -2.72. The Balaban J connectivity index is 1.41. The molecular weight excluding hydrogens is 394 g/mol. The maximum atomic E-state index is 12.5.